The summed E-state index contributed by atoms with van der Waals surface area (Å²) in [5.74, 6) is -0.465. The van der Waals surface area contributed by atoms with E-state index in [0.717, 1.165) is 0 Å². The van der Waals surface area contributed by atoms with Crippen LogP contribution in [0.2, 0.25) is 0 Å². The quantitative estimate of drug-likeness (QED) is 0.782. The summed E-state index contributed by atoms with van der Waals surface area (Å²) in [6.07, 6.45) is 0.0482. The first kappa shape index (κ1) is 20.4. The predicted octanol–water partition coefficient (Wildman–Crippen LogP) is 0.843. The number of carbonyl (C=O) groups is 2. The number of fused-ring (bicyclic) bond motifs is 1. The lowest BCUT2D eigenvalue weighted by Gasteiger charge is -2.25. The van der Waals surface area contributed by atoms with Crippen molar-refractivity contribution in [3.05, 3.63) is 45.1 Å². The first-order chi connectivity index (χ1) is 12.6. The topological polar surface area (TPSA) is 104 Å². The second-order valence-electron chi connectivity index (χ2n) is 7.38. The summed E-state index contributed by atoms with van der Waals surface area (Å²) in [5.41, 5.74) is -0.901. The Hall–Kier alpha value is -2.90. The van der Waals surface area contributed by atoms with Crippen molar-refractivity contribution in [1.82, 2.24) is 19.8 Å². The van der Waals surface area contributed by atoms with E-state index in [9.17, 15) is 19.2 Å². The number of hydrogen-bond donors (Lipinski definition) is 2. The predicted molar refractivity (Wildman–Crippen MR) is 104 cm³/mol. The summed E-state index contributed by atoms with van der Waals surface area (Å²) in [5, 5.41) is 3.21. The Morgan fingerprint density at radius 3 is 2.48 bits per heavy atom. The molecular formula is C19H26N4O4. The fraction of sp³-hybridized carbons (Fsp3) is 0.474. The monoisotopic (exact) mass is 374 g/mol. The molecule has 0 radical (unpaired) electrons. The minimum Gasteiger partial charge on any atom is -0.350 e. The summed E-state index contributed by atoms with van der Waals surface area (Å²) in [7, 11) is 0. The molecular weight excluding hydrogens is 348 g/mol. The molecule has 0 fully saturated rings. The number of para-hydroxylation sites is 1. The van der Waals surface area contributed by atoms with Crippen LogP contribution in [-0.2, 0) is 16.1 Å². The standard InChI is InChI=1S/C19H26N4O4/c1-5-22(12-15(24)21-19(2,3)4)16(25)10-11-23-14-9-7-6-8-13(14)17(26)20-18(23)27/h6-9H,5,10-12H2,1-4H3,(H,21,24)(H,20,26,27). The zero-order valence-electron chi connectivity index (χ0n) is 16.2. The molecule has 0 aliphatic rings. The van der Waals surface area contributed by atoms with Gasteiger partial charge in [-0.25, -0.2) is 4.79 Å². The van der Waals surface area contributed by atoms with Gasteiger partial charge in [-0.1, -0.05) is 12.1 Å². The summed E-state index contributed by atoms with van der Waals surface area (Å²) < 4.78 is 1.37. The molecule has 8 nitrogen and oxygen atoms in total. The normalized spacial score (nSPS) is 11.4. The highest BCUT2D eigenvalue weighted by Gasteiger charge is 2.19. The molecule has 0 bridgehead atoms. The summed E-state index contributed by atoms with van der Waals surface area (Å²) in [4.78, 5) is 52.4. The van der Waals surface area contributed by atoms with E-state index in [1.165, 1.54) is 9.47 Å². The Labute approximate surface area is 157 Å². The smallest absolute Gasteiger partial charge is 0.328 e. The van der Waals surface area contributed by atoms with Crippen molar-refractivity contribution in [1.29, 1.82) is 0 Å². The van der Waals surface area contributed by atoms with Crippen LogP contribution in [0.5, 0.6) is 0 Å². The number of carbonyl (C=O) groups excluding carboxylic acids is 2. The maximum absolute atomic E-state index is 12.5. The van der Waals surface area contributed by atoms with Crippen molar-refractivity contribution < 1.29 is 9.59 Å². The Morgan fingerprint density at radius 1 is 1.19 bits per heavy atom. The zero-order valence-corrected chi connectivity index (χ0v) is 16.2. The molecule has 146 valence electrons. The fourth-order valence-corrected chi connectivity index (χ4v) is 2.84. The summed E-state index contributed by atoms with van der Waals surface area (Å²) in [6, 6.07) is 6.74. The number of benzene rings is 1. The van der Waals surface area contributed by atoms with Crippen molar-refractivity contribution in [2.24, 2.45) is 0 Å². The molecule has 0 atom stereocenters. The van der Waals surface area contributed by atoms with Crippen molar-refractivity contribution in [2.45, 2.75) is 46.2 Å². The Morgan fingerprint density at radius 2 is 1.85 bits per heavy atom. The van der Waals surface area contributed by atoms with Crippen LogP contribution in [0.1, 0.15) is 34.1 Å². The van der Waals surface area contributed by atoms with E-state index in [1.807, 2.05) is 20.8 Å². The fourth-order valence-electron chi connectivity index (χ4n) is 2.84. The maximum atomic E-state index is 12.5. The van der Waals surface area contributed by atoms with Crippen molar-refractivity contribution in [3.8, 4) is 0 Å². The van der Waals surface area contributed by atoms with E-state index >= 15 is 0 Å². The van der Waals surface area contributed by atoms with Crippen LogP contribution in [0.3, 0.4) is 0 Å². The van der Waals surface area contributed by atoms with Gasteiger partial charge in [-0.15, -0.1) is 0 Å². The molecule has 0 spiro atoms. The molecule has 2 N–H and O–H groups in total. The molecule has 2 rings (SSSR count). The second kappa shape index (κ2) is 8.20. The molecule has 1 heterocycles. The molecule has 27 heavy (non-hydrogen) atoms. The molecule has 0 saturated carbocycles. The highest BCUT2D eigenvalue weighted by Crippen LogP contribution is 2.08. The third-order valence-electron chi connectivity index (χ3n) is 4.04. The van der Waals surface area contributed by atoms with Gasteiger partial charge in [0.15, 0.2) is 0 Å². The Balaban J connectivity index is 2.13. The molecule has 1 aromatic heterocycles. The number of nitrogens with zero attached hydrogens (tertiary/aromatic N) is 2. The van der Waals surface area contributed by atoms with Crippen LogP contribution in [-0.4, -0.2) is 44.9 Å². The highest BCUT2D eigenvalue weighted by atomic mass is 16.2. The molecule has 0 saturated heterocycles. The molecule has 1 aromatic carbocycles. The summed E-state index contributed by atoms with van der Waals surface area (Å²) in [6.45, 7) is 7.88. The van der Waals surface area contributed by atoms with Crippen molar-refractivity contribution in [3.63, 3.8) is 0 Å². The average Bonchev–Trinajstić information content (AvgIpc) is 2.57. The zero-order chi connectivity index (χ0) is 20.2. The van der Waals surface area contributed by atoms with Gasteiger partial charge in [-0.05, 0) is 39.8 Å². The summed E-state index contributed by atoms with van der Waals surface area (Å²) >= 11 is 0. The number of rotatable bonds is 6. The third-order valence-corrected chi connectivity index (χ3v) is 4.04. The number of nitrogens with one attached hydrogen (secondary N) is 2. The van der Waals surface area contributed by atoms with Crippen molar-refractivity contribution >= 4 is 22.7 Å². The molecule has 0 aliphatic carbocycles. The number of amides is 2. The van der Waals surface area contributed by atoms with E-state index in [-0.39, 0.29) is 36.9 Å². The van der Waals surface area contributed by atoms with Gasteiger partial charge in [0.1, 0.15) is 0 Å². The van der Waals surface area contributed by atoms with Crippen LogP contribution in [0.4, 0.5) is 0 Å². The number of hydrogen-bond acceptors (Lipinski definition) is 4. The van der Waals surface area contributed by atoms with Gasteiger partial charge in [-0.2, -0.15) is 0 Å². The van der Waals surface area contributed by atoms with E-state index < -0.39 is 11.2 Å². The number of likely N-dealkylation sites (N-methyl/N-ethyl adjacent to an activating group) is 1. The van der Waals surface area contributed by atoms with E-state index in [0.29, 0.717) is 17.4 Å². The second-order valence-corrected chi connectivity index (χ2v) is 7.38. The van der Waals surface area contributed by atoms with E-state index in [4.69, 9.17) is 0 Å². The van der Waals surface area contributed by atoms with Gasteiger partial charge in [-0.3, -0.25) is 23.9 Å². The van der Waals surface area contributed by atoms with Crippen molar-refractivity contribution in [2.75, 3.05) is 13.1 Å². The van der Waals surface area contributed by atoms with Crippen LogP contribution in [0, 0.1) is 0 Å². The van der Waals surface area contributed by atoms with E-state index in [2.05, 4.69) is 10.3 Å². The van der Waals surface area contributed by atoms with Crippen LogP contribution in [0.15, 0.2) is 33.9 Å². The number of aromatic nitrogens is 2. The molecule has 2 amide bonds. The molecule has 0 aliphatic heterocycles. The number of aromatic amines is 1. The van der Waals surface area contributed by atoms with Gasteiger partial charge in [0.2, 0.25) is 11.8 Å². The number of aryl methyl sites for hydroxylation is 1. The average molecular weight is 374 g/mol. The molecule has 0 unspecified atom stereocenters. The van der Waals surface area contributed by atoms with Crippen LogP contribution < -0.4 is 16.6 Å². The maximum Gasteiger partial charge on any atom is 0.328 e. The Kier molecular flexibility index (Phi) is 6.20. The van der Waals surface area contributed by atoms with Gasteiger partial charge < -0.3 is 10.2 Å². The lowest BCUT2D eigenvalue weighted by molar-refractivity contribution is -0.136. The lowest BCUT2D eigenvalue weighted by Crippen LogP contribution is -2.47. The number of H-pyrrole nitrogens is 1. The minimum absolute atomic E-state index is 0.0339. The van der Waals surface area contributed by atoms with E-state index in [1.54, 1.807) is 31.2 Å². The van der Waals surface area contributed by atoms with Gasteiger partial charge in [0.25, 0.3) is 5.56 Å². The first-order valence-corrected chi connectivity index (χ1v) is 8.93. The Bertz CT molecular complexity index is 953. The third kappa shape index (κ3) is 5.29. The van der Waals surface area contributed by atoms with Gasteiger partial charge in [0, 0.05) is 25.0 Å². The first-order valence-electron chi connectivity index (χ1n) is 8.93. The molecule has 8 heteroatoms. The van der Waals surface area contributed by atoms with Gasteiger partial charge in [0.05, 0.1) is 17.4 Å². The lowest BCUT2D eigenvalue weighted by atomic mass is 10.1. The van der Waals surface area contributed by atoms with Crippen LogP contribution >= 0.6 is 0 Å². The minimum atomic E-state index is -0.556. The SMILES string of the molecule is CCN(CC(=O)NC(C)(C)C)C(=O)CCn1c(=O)[nH]c(=O)c2ccccc21. The highest BCUT2D eigenvalue weighted by molar-refractivity contribution is 5.85. The van der Waals surface area contributed by atoms with Gasteiger partial charge >= 0.3 is 5.69 Å². The molecule has 2 aromatic rings. The van der Waals surface area contributed by atoms with Crippen LogP contribution in [0.25, 0.3) is 10.9 Å². The largest absolute Gasteiger partial charge is 0.350 e.